The molecule has 1 aliphatic carbocycles. The SMILES string of the molecule is Cc1cccc(C23CCCCC2CCCN3)c1.Cl. The van der Waals surface area contributed by atoms with Crippen molar-refractivity contribution in [3.05, 3.63) is 35.4 Å². The number of piperidine rings is 1. The van der Waals surface area contributed by atoms with Crippen molar-refractivity contribution in [3.8, 4) is 0 Å². The molecule has 1 saturated heterocycles. The lowest BCUT2D eigenvalue weighted by Gasteiger charge is -2.49. The van der Waals surface area contributed by atoms with Gasteiger partial charge in [-0.15, -0.1) is 12.4 Å². The summed E-state index contributed by atoms with van der Waals surface area (Å²) in [7, 11) is 0. The molecule has 1 aromatic carbocycles. The summed E-state index contributed by atoms with van der Waals surface area (Å²) in [4.78, 5) is 0. The third-order valence-corrected chi connectivity index (χ3v) is 4.77. The fourth-order valence-electron chi connectivity index (χ4n) is 3.93. The minimum atomic E-state index is 0. The van der Waals surface area contributed by atoms with Crippen molar-refractivity contribution >= 4 is 12.4 Å². The Labute approximate surface area is 117 Å². The second-order valence-corrected chi connectivity index (χ2v) is 5.85. The lowest BCUT2D eigenvalue weighted by atomic mass is 9.65. The molecular formula is C16H24ClN. The van der Waals surface area contributed by atoms with Crippen LogP contribution in [0.25, 0.3) is 0 Å². The largest absolute Gasteiger partial charge is 0.307 e. The average Bonchev–Trinajstić information content (AvgIpc) is 2.39. The Hall–Kier alpha value is -0.530. The van der Waals surface area contributed by atoms with Gasteiger partial charge < -0.3 is 5.32 Å². The molecule has 0 spiro atoms. The van der Waals surface area contributed by atoms with Gasteiger partial charge >= 0.3 is 0 Å². The van der Waals surface area contributed by atoms with Gasteiger partial charge in [0.15, 0.2) is 0 Å². The van der Waals surface area contributed by atoms with E-state index in [2.05, 4.69) is 36.5 Å². The molecule has 1 N–H and O–H groups in total. The van der Waals surface area contributed by atoms with E-state index in [0.717, 1.165) is 5.92 Å². The van der Waals surface area contributed by atoms with E-state index in [1.165, 1.54) is 50.6 Å². The Kier molecular flexibility index (Phi) is 4.34. The Morgan fingerprint density at radius 1 is 1.17 bits per heavy atom. The fraction of sp³-hybridized carbons (Fsp3) is 0.625. The summed E-state index contributed by atoms with van der Waals surface area (Å²) in [6, 6.07) is 9.17. The summed E-state index contributed by atoms with van der Waals surface area (Å²) in [6.07, 6.45) is 8.35. The lowest BCUT2D eigenvalue weighted by Crippen LogP contribution is -2.53. The number of nitrogens with one attached hydrogen (secondary N) is 1. The molecule has 2 unspecified atom stereocenters. The number of hydrogen-bond acceptors (Lipinski definition) is 1. The zero-order valence-electron chi connectivity index (χ0n) is 11.2. The Balaban J connectivity index is 0.00000120. The standard InChI is InChI=1S/C16H23N.ClH/c1-13-6-4-8-15(12-13)16-10-3-2-7-14(16)9-5-11-17-16;/h4,6,8,12,14,17H,2-3,5,7,9-11H2,1H3;1H. The van der Waals surface area contributed by atoms with Crippen LogP contribution in [-0.2, 0) is 5.54 Å². The van der Waals surface area contributed by atoms with Gasteiger partial charge in [0.05, 0.1) is 0 Å². The number of hydrogen-bond donors (Lipinski definition) is 1. The molecule has 0 radical (unpaired) electrons. The molecular weight excluding hydrogens is 242 g/mol. The minimum absolute atomic E-state index is 0. The molecule has 2 aliphatic rings. The van der Waals surface area contributed by atoms with Gasteiger partial charge in [0.2, 0.25) is 0 Å². The Morgan fingerprint density at radius 2 is 2.00 bits per heavy atom. The van der Waals surface area contributed by atoms with E-state index in [4.69, 9.17) is 0 Å². The van der Waals surface area contributed by atoms with Crippen LogP contribution in [0.4, 0.5) is 0 Å². The van der Waals surface area contributed by atoms with E-state index in [1.54, 1.807) is 5.56 Å². The van der Waals surface area contributed by atoms with E-state index in [1.807, 2.05) is 0 Å². The number of benzene rings is 1. The molecule has 1 aromatic rings. The third kappa shape index (κ3) is 2.31. The molecule has 1 aliphatic heterocycles. The maximum Gasteiger partial charge on any atom is 0.0463 e. The van der Waals surface area contributed by atoms with Gasteiger partial charge in [-0.1, -0.05) is 42.7 Å². The van der Waals surface area contributed by atoms with Crippen LogP contribution >= 0.6 is 12.4 Å². The summed E-state index contributed by atoms with van der Waals surface area (Å²) in [5.74, 6) is 0.867. The van der Waals surface area contributed by atoms with Gasteiger partial charge in [0.25, 0.3) is 0 Å². The van der Waals surface area contributed by atoms with Gasteiger partial charge in [-0.3, -0.25) is 0 Å². The average molecular weight is 266 g/mol. The molecule has 2 fully saturated rings. The highest BCUT2D eigenvalue weighted by molar-refractivity contribution is 5.85. The van der Waals surface area contributed by atoms with Crippen LogP contribution in [0.1, 0.15) is 49.7 Å². The molecule has 3 rings (SSSR count). The highest BCUT2D eigenvalue weighted by atomic mass is 35.5. The topological polar surface area (TPSA) is 12.0 Å². The summed E-state index contributed by atoms with van der Waals surface area (Å²) in [5, 5.41) is 3.88. The maximum absolute atomic E-state index is 3.88. The monoisotopic (exact) mass is 265 g/mol. The van der Waals surface area contributed by atoms with E-state index in [9.17, 15) is 0 Å². The van der Waals surface area contributed by atoms with Crippen molar-refractivity contribution < 1.29 is 0 Å². The number of rotatable bonds is 1. The summed E-state index contributed by atoms with van der Waals surface area (Å²) >= 11 is 0. The molecule has 1 heterocycles. The number of halogens is 1. The summed E-state index contributed by atoms with van der Waals surface area (Å²) in [5.41, 5.74) is 3.25. The number of aryl methyl sites for hydroxylation is 1. The summed E-state index contributed by atoms with van der Waals surface area (Å²) in [6.45, 7) is 3.41. The maximum atomic E-state index is 3.88. The highest BCUT2D eigenvalue weighted by Gasteiger charge is 2.43. The van der Waals surface area contributed by atoms with Gasteiger partial charge in [-0.25, -0.2) is 0 Å². The van der Waals surface area contributed by atoms with E-state index in [0.29, 0.717) is 5.54 Å². The Morgan fingerprint density at radius 3 is 2.83 bits per heavy atom. The van der Waals surface area contributed by atoms with E-state index in [-0.39, 0.29) is 12.4 Å². The highest BCUT2D eigenvalue weighted by Crippen LogP contribution is 2.45. The van der Waals surface area contributed by atoms with Crippen LogP contribution in [0.15, 0.2) is 24.3 Å². The molecule has 0 aromatic heterocycles. The van der Waals surface area contributed by atoms with Gasteiger partial charge in [0.1, 0.15) is 0 Å². The van der Waals surface area contributed by atoms with Gasteiger partial charge in [-0.05, 0) is 50.6 Å². The van der Waals surface area contributed by atoms with Crippen LogP contribution < -0.4 is 5.32 Å². The van der Waals surface area contributed by atoms with Gasteiger partial charge in [-0.2, -0.15) is 0 Å². The second kappa shape index (κ2) is 5.63. The second-order valence-electron chi connectivity index (χ2n) is 5.85. The predicted octanol–water partition coefficient (Wildman–Crippen LogP) is 4.19. The molecule has 18 heavy (non-hydrogen) atoms. The zero-order chi connectivity index (χ0) is 11.7. The first-order valence-electron chi connectivity index (χ1n) is 7.13. The van der Waals surface area contributed by atoms with Crippen LogP contribution in [0.5, 0.6) is 0 Å². The molecule has 100 valence electrons. The quantitative estimate of drug-likeness (QED) is 0.803. The molecule has 1 nitrogen and oxygen atoms in total. The first-order valence-corrected chi connectivity index (χ1v) is 7.13. The van der Waals surface area contributed by atoms with Crippen molar-refractivity contribution in [1.82, 2.24) is 5.32 Å². The van der Waals surface area contributed by atoms with Crippen LogP contribution in [-0.4, -0.2) is 6.54 Å². The fourth-order valence-corrected chi connectivity index (χ4v) is 3.93. The van der Waals surface area contributed by atoms with E-state index < -0.39 is 0 Å². The molecule has 2 atom stereocenters. The summed E-state index contributed by atoms with van der Waals surface area (Å²) < 4.78 is 0. The normalized spacial score (nSPS) is 31.3. The first-order chi connectivity index (χ1) is 8.31. The number of fused-ring (bicyclic) bond motifs is 1. The van der Waals surface area contributed by atoms with Crippen LogP contribution in [0, 0.1) is 12.8 Å². The Bertz CT molecular complexity index is 390. The molecule has 2 heteroatoms. The first kappa shape index (κ1) is 13.9. The molecule has 0 amide bonds. The predicted molar refractivity (Wildman–Crippen MR) is 79.3 cm³/mol. The van der Waals surface area contributed by atoms with Crippen molar-refractivity contribution in [3.63, 3.8) is 0 Å². The molecule has 1 saturated carbocycles. The zero-order valence-corrected chi connectivity index (χ0v) is 12.1. The van der Waals surface area contributed by atoms with Crippen molar-refractivity contribution in [1.29, 1.82) is 0 Å². The van der Waals surface area contributed by atoms with Crippen molar-refractivity contribution in [2.75, 3.05) is 6.54 Å². The van der Waals surface area contributed by atoms with E-state index >= 15 is 0 Å². The lowest BCUT2D eigenvalue weighted by molar-refractivity contribution is 0.101. The van der Waals surface area contributed by atoms with Crippen molar-refractivity contribution in [2.24, 2.45) is 5.92 Å². The minimum Gasteiger partial charge on any atom is -0.307 e. The molecule has 0 bridgehead atoms. The van der Waals surface area contributed by atoms with Crippen molar-refractivity contribution in [2.45, 2.75) is 51.0 Å². The van der Waals surface area contributed by atoms with Crippen LogP contribution in [0.3, 0.4) is 0 Å². The van der Waals surface area contributed by atoms with Crippen LogP contribution in [0.2, 0.25) is 0 Å². The smallest absolute Gasteiger partial charge is 0.0463 e. The third-order valence-electron chi connectivity index (χ3n) is 4.77. The van der Waals surface area contributed by atoms with Gasteiger partial charge in [0, 0.05) is 5.54 Å².